The Kier molecular flexibility index (Phi) is 5.79. The van der Waals surface area contributed by atoms with Gasteiger partial charge in [0.2, 0.25) is 0 Å². The maximum Gasteiger partial charge on any atom is 0.141 e. The third-order valence-corrected chi connectivity index (χ3v) is 5.40. The number of aromatic nitrogens is 1. The standard InChI is InChI=1S/C22H20ClFN4O/c23-19-10-17(1-3-20(19)24)28-22-15(11-25)13-27-21-4-2-16(9-18(21)22)26-12-14-5-7-29-8-6-14/h1-4,9-10,13-14,26H,5-8,12H2,(H,27,28). The topological polar surface area (TPSA) is 70.0 Å². The molecular formula is C22H20ClFN4O. The third-order valence-electron chi connectivity index (χ3n) is 5.11. The van der Waals surface area contributed by atoms with Gasteiger partial charge in [-0.05, 0) is 55.2 Å². The number of halogens is 2. The van der Waals surface area contributed by atoms with Crippen LogP contribution in [-0.4, -0.2) is 24.7 Å². The number of nitrogens with one attached hydrogen (secondary N) is 2. The predicted octanol–water partition coefficient (Wildman–Crippen LogP) is 5.48. The first-order valence-corrected chi connectivity index (χ1v) is 9.88. The quantitative estimate of drug-likeness (QED) is 0.582. The summed E-state index contributed by atoms with van der Waals surface area (Å²) in [7, 11) is 0. The Bertz CT molecular complexity index is 1080. The van der Waals surface area contributed by atoms with Gasteiger partial charge in [-0.15, -0.1) is 0 Å². The molecule has 1 saturated heterocycles. The maximum atomic E-state index is 13.5. The van der Waals surface area contributed by atoms with Crippen molar-refractivity contribution in [2.24, 2.45) is 5.92 Å². The Morgan fingerprint density at radius 2 is 1.97 bits per heavy atom. The van der Waals surface area contributed by atoms with Gasteiger partial charge in [-0.25, -0.2) is 4.39 Å². The van der Waals surface area contributed by atoms with Crippen LogP contribution in [0.2, 0.25) is 5.02 Å². The third kappa shape index (κ3) is 4.42. The van der Waals surface area contributed by atoms with Crippen LogP contribution >= 0.6 is 11.6 Å². The van der Waals surface area contributed by atoms with Gasteiger partial charge in [0, 0.05) is 42.7 Å². The van der Waals surface area contributed by atoms with E-state index in [0.29, 0.717) is 22.9 Å². The van der Waals surface area contributed by atoms with Crippen LogP contribution in [0, 0.1) is 23.1 Å². The number of hydrogen-bond acceptors (Lipinski definition) is 5. The monoisotopic (exact) mass is 410 g/mol. The lowest BCUT2D eigenvalue weighted by Gasteiger charge is -2.22. The van der Waals surface area contributed by atoms with Crippen LogP contribution in [-0.2, 0) is 4.74 Å². The van der Waals surface area contributed by atoms with E-state index in [9.17, 15) is 9.65 Å². The van der Waals surface area contributed by atoms with Gasteiger partial charge in [0.1, 0.15) is 11.9 Å². The minimum Gasteiger partial charge on any atom is -0.385 e. The summed E-state index contributed by atoms with van der Waals surface area (Å²) in [5, 5.41) is 17.1. The van der Waals surface area contributed by atoms with Crippen molar-refractivity contribution in [2.75, 3.05) is 30.4 Å². The SMILES string of the molecule is N#Cc1cnc2ccc(NCC3CCOCC3)cc2c1Nc1ccc(F)c(Cl)c1. The fourth-order valence-electron chi connectivity index (χ4n) is 3.45. The number of rotatable bonds is 5. The van der Waals surface area contributed by atoms with Crippen LogP contribution in [0.5, 0.6) is 0 Å². The molecule has 1 aliphatic rings. The molecule has 0 radical (unpaired) electrons. The Balaban J connectivity index is 1.65. The van der Waals surface area contributed by atoms with Gasteiger partial charge in [0.25, 0.3) is 0 Å². The molecule has 0 aliphatic carbocycles. The van der Waals surface area contributed by atoms with Crippen molar-refractivity contribution in [2.45, 2.75) is 12.8 Å². The van der Waals surface area contributed by atoms with E-state index >= 15 is 0 Å². The van der Waals surface area contributed by atoms with Crippen molar-refractivity contribution >= 4 is 39.6 Å². The number of benzene rings is 2. The zero-order valence-electron chi connectivity index (χ0n) is 15.7. The van der Waals surface area contributed by atoms with Crippen LogP contribution in [0.25, 0.3) is 10.9 Å². The highest BCUT2D eigenvalue weighted by atomic mass is 35.5. The Morgan fingerprint density at radius 1 is 1.17 bits per heavy atom. The molecular weight excluding hydrogens is 391 g/mol. The van der Waals surface area contributed by atoms with Gasteiger partial charge < -0.3 is 15.4 Å². The zero-order chi connectivity index (χ0) is 20.2. The second-order valence-electron chi connectivity index (χ2n) is 7.08. The van der Waals surface area contributed by atoms with Crippen molar-refractivity contribution in [1.29, 1.82) is 5.26 Å². The van der Waals surface area contributed by atoms with E-state index in [4.69, 9.17) is 16.3 Å². The largest absolute Gasteiger partial charge is 0.385 e. The molecule has 2 heterocycles. The molecule has 7 heteroatoms. The van der Waals surface area contributed by atoms with Crippen molar-refractivity contribution < 1.29 is 9.13 Å². The van der Waals surface area contributed by atoms with E-state index in [-0.39, 0.29) is 5.02 Å². The predicted molar refractivity (Wildman–Crippen MR) is 113 cm³/mol. The van der Waals surface area contributed by atoms with E-state index in [1.165, 1.54) is 18.3 Å². The van der Waals surface area contributed by atoms with Crippen molar-refractivity contribution in [3.63, 3.8) is 0 Å². The number of pyridine rings is 1. The Morgan fingerprint density at radius 3 is 2.72 bits per heavy atom. The van der Waals surface area contributed by atoms with Crippen LogP contribution in [0.15, 0.2) is 42.6 Å². The highest BCUT2D eigenvalue weighted by Crippen LogP contribution is 2.32. The first-order chi connectivity index (χ1) is 14.1. The molecule has 0 atom stereocenters. The fourth-order valence-corrected chi connectivity index (χ4v) is 3.63. The van der Waals surface area contributed by atoms with Gasteiger partial charge in [0.05, 0.1) is 21.8 Å². The maximum absolute atomic E-state index is 13.5. The molecule has 1 aliphatic heterocycles. The molecule has 3 aromatic rings. The highest BCUT2D eigenvalue weighted by molar-refractivity contribution is 6.31. The van der Waals surface area contributed by atoms with Crippen molar-refractivity contribution in [3.8, 4) is 6.07 Å². The van der Waals surface area contributed by atoms with E-state index in [0.717, 1.165) is 49.2 Å². The molecule has 0 saturated carbocycles. The minimum absolute atomic E-state index is 0.0192. The molecule has 0 amide bonds. The lowest BCUT2D eigenvalue weighted by atomic mass is 10.0. The summed E-state index contributed by atoms with van der Waals surface area (Å²) < 4.78 is 18.9. The molecule has 0 spiro atoms. The smallest absolute Gasteiger partial charge is 0.141 e. The Labute approximate surface area is 173 Å². The van der Waals surface area contributed by atoms with Crippen LogP contribution < -0.4 is 10.6 Å². The summed E-state index contributed by atoms with van der Waals surface area (Å²) in [4.78, 5) is 4.38. The second kappa shape index (κ2) is 8.64. The molecule has 0 unspecified atom stereocenters. The number of fused-ring (bicyclic) bond motifs is 1. The fraction of sp³-hybridized carbons (Fsp3) is 0.273. The van der Waals surface area contributed by atoms with E-state index in [2.05, 4.69) is 21.7 Å². The van der Waals surface area contributed by atoms with Crippen LogP contribution in [0.3, 0.4) is 0 Å². The average molecular weight is 411 g/mol. The normalized spacial score (nSPS) is 14.5. The van der Waals surface area contributed by atoms with Crippen molar-refractivity contribution in [3.05, 3.63) is 59.0 Å². The van der Waals surface area contributed by atoms with Gasteiger partial charge >= 0.3 is 0 Å². The molecule has 0 bridgehead atoms. The Hall–Kier alpha value is -2.88. The summed E-state index contributed by atoms with van der Waals surface area (Å²) in [5.74, 6) is 0.0962. The first kappa shape index (κ1) is 19.4. The van der Waals surface area contributed by atoms with Crippen molar-refractivity contribution in [1.82, 2.24) is 4.98 Å². The van der Waals surface area contributed by atoms with Crippen LogP contribution in [0.4, 0.5) is 21.5 Å². The molecule has 148 valence electrons. The number of ether oxygens (including phenoxy) is 1. The van der Waals surface area contributed by atoms with Gasteiger partial charge in [-0.2, -0.15) is 5.26 Å². The number of nitriles is 1. The summed E-state index contributed by atoms with van der Waals surface area (Å²) >= 11 is 5.90. The van der Waals surface area contributed by atoms with Gasteiger partial charge in [-0.3, -0.25) is 4.98 Å². The second-order valence-corrected chi connectivity index (χ2v) is 7.49. The molecule has 29 heavy (non-hydrogen) atoms. The average Bonchev–Trinajstić information content (AvgIpc) is 2.76. The zero-order valence-corrected chi connectivity index (χ0v) is 16.5. The molecule has 4 rings (SSSR count). The van der Waals surface area contributed by atoms with E-state index in [1.54, 1.807) is 6.07 Å². The summed E-state index contributed by atoms with van der Waals surface area (Å²) in [6.45, 7) is 2.50. The highest BCUT2D eigenvalue weighted by Gasteiger charge is 2.14. The molecule has 1 aromatic heterocycles. The van der Waals surface area contributed by atoms with E-state index in [1.807, 2.05) is 18.2 Å². The first-order valence-electron chi connectivity index (χ1n) is 9.50. The lowest BCUT2D eigenvalue weighted by molar-refractivity contribution is 0.0699. The summed E-state index contributed by atoms with van der Waals surface area (Å²) in [6, 6.07) is 12.4. The van der Waals surface area contributed by atoms with E-state index < -0.39 is 5.82 Å². The van der Waals surface area contributed by atoms with Crippen LogP contribution in [0.1, 0.15) is 18.4 Å². The minimum atomic E-state index is -0.489. The number of hydrogen-bond donors (Lipinski definition) is 2. The molecule has 1 fully saturated rings. The van der Waals surface area contributed by atoms with Gasteiger partial charge in [0.15, 0.2) is 0 Å². The number of anilines is 3. The molecule has 2 N–H and O–H groups in total. The van der Waals surface area contributed by atoms with Gasteiger partial charge in [-0.1, -0.05) is 11.6 Å². The summed E-state index contributed by atoms with van der Waals surface area (Å²) in [5.41, 5.74) is 3.34. The molecule has 2 aromatic carbocycles. The summed E-state index contributed by atoms with van der Waals surface area (Å²) in [6.07, 6.45) is 3.64. The number of nitrogens with zero attached hydrogens (tertiary/aromatic N) is 2. The molecule has 5 nitrogen and oxygen atoms in total. The lowest BCUT2D eigenvalue weighted by Crippen LogP contribution is -2.22.